The van der Waals surface area contributed by atoms with Crippen molar-refractivity contribution in [2.75, 3.05) is 13.1 Å². The average molecular weight is 269 g/mol. The van der Waals surface area contributed by atoms with E-state index in [1.54, 1.807) is 6.92 Å². The molecule has 0 bridgehead atoms. The zero-order valence-corrected chi connectivity index (χ0v) is 11.7. The first-order valence-electron chi connectivity index (χ1n) is 6.79. The van der Waals surface area contributed by atoms with Crippen LogP contribution >= 0.6 is 0 Å². The molecule has 0 saturated carbocycles. The standard InChI is InChI=1S/C13H23N3O3/c1-3-8-15-13(2,12(14)19)7-4-9-16-10(17)5-6-11(16)18/h15H,3-9H2,1-2H3,(H2,14,19). The van der Waals surface area contributed by atoms with Crippen LogP contribution in [-0.2, 0) is 14.4 Å². The highest BCUT2D eigenvalue weighted by Gasteiger charge is 2.32. The van der Waals surface area contributed by atoms with E-state index in [2.05, 4.69) is 5.32 Å². The molecule has 1 atom stereocenters. The lowest BCUT2D eigenvalue weighted by atomic mass is 9.94. The van der Waals surface area contributed by atoms with Crippen LogP contribution in [0.25, 0.3) is 0 Å². The summed E-state index contributed by atoms with van der Waals surface area (Å²) < 4.78 is 0. The molecule has 1 heterocycles. The highest BCUT2D eigenvalue weighted by Crippen LogP contribution is 2.16. The number of imide groups is 1. The van der Waals surface area contributed by atoms with Gasteiger partial charge in [0, 0.05) is 19.4 Å². The van der Waals surface area contributed by atoms with Crippen molar-refractivity contribution < 1.29 is 14.4 Å². The smallest absolute Gasteiger partial charge is 0.237 e. The molecular formula is C13H23N3O3. The molecule has 19 heavy (non-hydrogen) atoms. The number of nitrogens with one attached hydrogen (secondary N) is 1. The predicted molar refractivity (Wildman–Crippen MR) is 71.1 cm³/mol. The van der Waals surface area contributed by atoms with E-state index >= 15 is 0 Å². The molecule has 1 saturated heterocycles. The van der Waals surface area contributed by atoms with E-state index in [4.69, 9.17) is 5.73 Å². The van der Waals surface area contributed by atoms with Gasteiger partial charge in [0.05, 0.1) is 5.54 Å². The minimum atomic E-state index is -0.776. The molecule has 0 spiro atoms. The number of carbonyl (C=O) groups excluding carboxylic acids is 3. The molecule has 6 heteroatoms. The number of hydrogen-bond donors (Lipinski definition) is 2. The minimum Gasteiger partial charge on any atom is -0.368 e. The second-order valence-corrected chi connectivity index (χ2v) is 5.17. The Kier molecular flexibility index (Phi) is 5.47. The Bertz CT molecular complexity index is 354. The quantitative estimate of drug-likeness (QED) is 0.614. The first-order chi connectivity index (χ1) is 8.90. The van der Waals surface area contributed by atoms with E-state index in [1.165, 1.54) is 4.90 Å². The van der Waals surface area contributed by atoms with Gasteiger partial charge in [0.1, 0.15) is 0 Å². The van der Waals surface area contributed by atoms with E-state index in [0.29, 0.717) is 38.8 Å². The number of carbonyl (C=O) groups is 3. The number of rotatable bonds is 8. The molecule has 0 aliphatic carbocycles. The molecule has 0 radical (unpaired) electrons. The number of likely N-dealkylation sites (tertiary alicyclic amines) is 1. The molecule has 1 unspecified atom stereocenters. The molecular weight excluding hydrogens is 246 g/mol. The maximum Gasteiger partial charge on any atom is 0.237 e. The number of nitrogens with two attached hydrogens (primary N) is 1. The van der Waals surface area contributed by atoms with E-state index in [9.17, 15) is 14.4 Å². The Morgan fingerprint density at radius 2 is 1.95 bits per heavy atom. The van der Waals surface area contributed by atoms with Crippen molar-refractivity contribution in [2.45, 2.75) is 51.5 Å². The van der Waals surface area contributed by atoms with Gasteiger partial charge in [0.2, 0.25) is 17.7 Å². The summed E-state index contributed by atoms with van der Waals surface area (Å²) in [5, 5.41) is 3.13. The minimum absolute atomic E-state index is 0.118. The van der Waals surface area contributed by atoms with Gasteiger partial charge >= 0.3 is 0 Å². The highest BCUT2D eigenvalue weighted by molar-refractivity contribution is 6.01. The maximum atomic E-state index is 11.5. The molecule has 3 N–H and O–H groups in total. The molecule has 0 aromatic rings. The zero-order chi connectivity index (χ0) is 14.5. The molecule has 3 amide bonds. The number of amides is 3. The average Bonchev–Trinajstić information content (AvgIpc) is 2.67. The van der Waals surface area contributed by atoms with Crippen LogP contribution in [0.4, 0.5) is 0 Å². The molecule has 6 nitrogen and oxygen atoms in total. The van der Waals surface area contributed by atoms with Crippen LogP contribution in [0.1, 0.15) is 46.0 Å². The Labute approximate surface area is 113 Å². The normalized spacial score (nSPS) is 18.7. The Balaban J connectivity index is 2.46. The van der Waals surface area contributed by atoms with E-state index in [0.717, 1.165) is 6.42 Å². The Morgan fingerprint density at radius 3 is 2.42 bits per heavy atom. The van der Waals surface area contributed by atoms with E-state index in [-0.39, 0.29) is 11.8 Å². The van der Waals surface area contributed by atoms with Gasteiger partial charge in [-0.25, -0.2) is 0 Å². The molecule has 1 rings (SSSR count). The van der Waals surface area contributed by atoms with Crippen molar-refractivity contribution in [1.82, 2.24) is 10.2 Å². The summed E-state index contributed by atoms with van der Waals surface area (Å²) in [7, 11) is 0. The van der Waals surface area contributed by atoms with Gasteiger partial charge in [0.15, 0.2) is 0 Å². The van der Waals surface area contributed by atoms with E-state index in [1.807, 2.05) is 6.92 Å². The van der Waals surface area contributed by atoms with E-state index < -0.39 is 11.4 Å². The lowest BCUT2D eigenvalue weighted by molar-refractivity contribution is -0.138. The lowest BCUT2D eigenvalue weighted by Gasteiger charge is -2.28. The van der Waals surface area contributed by atoms with Gasteiger partial charge in [-0.15, -0.1) is 0 Å². The predicted octanol–water partition coefficient (Wildman–Crippen LogP) is 0.159. The molecule has 0 aromatic heterocycles. The third-order valence-electron chi connectivity index (χ3n) is 3.52. The van der Waals surface area contributed by atoms with Gasteiger partial charge < -0.3 is 11.1 Å². The van der Waals surface area contributed by atoms with Crippen LogP contribution in [0, 0.1) is 0 Å². The second kappa shape index (κ2) is 6.65. The third-order valence-corrected chi connectivity index (χ3v) is 3.52. The summed E-state index contributed by atoms with van der Waals surface area (Å²) in [6.07, 6.45) is 2.61. The van der Waals surface area contributed by atoms with Gasteiger partial charge in [-0.2, -0.15) is 0 Å². The van der Waals surface area contributed by atoms with Crippen LogP contribution in [0.5, 0.6) is 0 Å². The summed E-state index contributed by atoms with van der Waals surface area (Å²) in [6.45, 7) is 4.85. The first-order valence-corrected chi connectivity index (χ1v) is 6.79. The molecule has 1 fully saturated rings. The van der Waals surface area contributed by atoms with Crippen molar-refractivity contribution in [2.24, 2.45) is 5.73 Å². The monoisotopic (exact) mass is 269 g/mol. The fourth-order valence-corrected chi connectivity index (χ4v) is 2.16. The second-order valence-electron chi connectivity index (χ2n) is 5.17. The fourth-order valence-electron chi connectivity index (χ4n) is 2.16. The molecule has 108 valence electrons. The number of hydrogen-bond acceptors (Lipinski definition) is 4. The van der Waals surface area contributed by atoms with Gasteiger partial charge in [0.25, 0.3) is 0 Å². The van der Waals surface area contributed by atoms with Gasteiger partial charge in [-0.3, -0.25) is 19.3 Å². The van der Waals surface area contributed by atoms with Crippen molar-refractivity contribution >= 4 is 17.7 Å². The number of nitrogens with zero attached hydrogens (tertiary/aromatic N) is 1. The van der Waals surface area contributed by atoms with Crippen molar-refractivity contribution in [3.8, 4) is 0 Å². The van der Waals surface area contributed by atoms with Crippen LogP contribution < -0.4 is 11.1 Å². The van der Waals surface area contributed by atoms with Gasteiger partial charge in [-0.05, 0) is 32.7 Å². The summed E-state index contributed by atoms with van der Waals surface area (Å²) in [5.74, 6) is -0.639. The van der Waals surface area contributed by atoms with Gasteiger partial charge in [-0.1, -0.05) is 6.92 Å². The summed E-state index contributed by atoms with van der Waals surface area (Å²) in [4.78, 5) is 35.7. The summed E-state index contributed by atoms with van der Waals surface area (Å²) in [6, 6.07) is 0. The zero-order valence-electron chi connectivity index (χ0n) is 11.7. The SMILES string of the molecule is CCCNC(C)(CCCN1C(=O)CCC1=O)C(N)=O. The maximum absolute atomic E-state index is 11.5. The van der Waals surface area contributed by atoms with Crippen LogP contribution in [0.15, 0.2) is 0 Å². The summed E-state index contributed by atoms with van der Waals surface area (Å²) >= 11 is 0. The Morgan fingerprint density at radius 1 is 1.37 bits per heavy atom. The highest BCUT2D eigenvalue weighted by atomic mass is 16.2. The fraction of sp³-hybridized carbons (Fsp3) is 0.769. The van der Waals surface area contributed by atoms with Crippen molar-refractivity contribution in [3.05, 3.63) is 0 Å². The Hall–Kier alpha value is -1.43. The largest absolute Gasteiger partial charge is 0.368 e. The van der Waals surface area contributed by atoms with Crippen molar-refractivity contribution in [1.29, 1.82) is 0 Å². The third kappa shape index (κ3) is 4.02. The van der Waals surface area contributed by atoms with Crippen LogP contribution in [0.3, 0.4) is 0 Å². The number of primary amides is 1. The molecule has 1 aliphatic heterocycles. The lowest BCUT2D eigenvalue weighted by Crippen LogP contribution is -2.53. The first kappa shape index (κ1) is 15.6. The molecule has 0 aromatic carbocycles. The van der Waals surface area contributed by atoms with Crippen LogP contribution in [-0.4, -0.2) is 41.2 Å². The molecule has 1 aliphatic rings. The van der Waals surface area contributed by atoms with Crippen LogP contribution in [0.2, 0.25) is 0 Å². The summed E-state index contributed by atoms with van der Waals surface area (Å²) in [5.41, 5.74) is 4.64. The van der Waals surface area contributed by atoms with Crippen molar-refractivity contribution in [3.63, 3.8) is 0 Å². The topological polar surface area (TPSA) is 92.5 Å².